The molecule has 2 aromatic carbocycles. The topological polar surface area (TPSA) is 57.5 Å². The Bertz CT molecular complexity index is 469. The van der Waals surface area contributed by atoms with Crippen LogP contribution in [0.2, 0.25) is 0 Å². The zero-order chi connectivity index (χ0) is 11.5. The van der Waals surface area contributed by atoms with E-state index in [1.165, 1.54) is 24.3 Å². The number of benzene rings is 2. The average Bonchev–Trinajstić information content (AvgIpc) is 2.30. The molecule has 2 N–H and O–H groups in total. The van der Waals surface area contributed by atoms with Crippen molar-refractivity contribution in [3.63, 3.8) is 0 Å². The Morgan fingerprint density at radius 1 is 0.722 bits per heavy atom. The van der Waals surface area contributed by atoms with Crippen molar-refractivity contribution in [1.29, 1.82) is 0 Å². The van der Waals surface area contributed by atoms with Gasteiger partial charge in [0.1, 0.15) is 11.5 Å². The van der Waals surface area contributed by atoms with Gasteiger partial charge in [-0.25, -0.2) is 0 Å². The maximum atomic E-state index is 11.9. The maximum Gasteiger partial charge on any atom is 1.00 e. The third-order valence-electron chi connectivity index (χ3n) is 2.26. The van der Waals surface area contributed by atoms with Crippen molar-refractivity contribution in [2.24, 2.45) is 0 Å². The van der Waals surface area contributed by atoms with Gasteiger partial charge in [-0.2, -0.15) is 0 Å². The standard InChI is InChI=1S/C13H10O3.2K.2H/c14-11-5-1-9(2-6-11)13(16)10-3-7-12(15)8-4-10;;;;/h1-8,14-15H;;;;/q;2*+1;2*-1. The van der Waals surface area contributed by atoms with Crippen LogP contribution in [0, 0.1) is 0 Å². The molecule has 0 bridgehead atoms. The molecule has 0 amide bonds. The summed E-state index contributed by atoms with van der Waals surface area (Å²) < 4.78 is 0. The summed E-state index contributed by atoms with van der Waals surface area (Å²) in [6, 6.07) is 12.1. The van der Waals surface area contributed by atoms with Gasteiger partial charge in [-0.15, -0.1) is 0 Å². The molecule has 0 aliphatic rings. The molecule has 84 valence electrons. The molecule has 0 unspecified atom stereocenters. The van der Waals surface area contributed by atoms with E-state index in [-0.39, 0.29) is 123 Å². The fraction of sp³-hybridized carbons (Fsp3) is 0. The molecule has 0 atom stereocenters. The van der Waals surface area contributed by atoms with Crippen molar-refractivity contribution in [1.82, 2.24) is 0 Å². The number of hydrogen-bond donors (Lipinski definition) is 2. The molecule has 0 aromatic heterocycles. The molecule has 0 heterocycles. The second-order valence-electron chi connectivity index (χ2n) is 3.42. The van der Waals surface area contributed by atoms with Gasteiger partial charge in [-0.1, -0.05) is 0 Å². The first kappa shape index (κ1) is 19.0. The number of phenolic OH excluding ortho intramolecular Hbond substituents is 2. The van der Waals surface area contributed by atoms with Crippen molar-refractivity contribution in [3.05, 3.63) is 59.7 Å². The van der Waals surface area contributed by atoms with E-state index in [2.05, 4.69) is 0 Å². The van der Waals surface area contributed by atoms with Gasteiger partial charge in [0.15, 0.2) is 5.78 Å². The Balaban J connectivity index is -0.000000722. The molecule has 0 saturated carbocycles. The van der Waals surface area contributed by atoms with Crippen LogP contribution in [-0.2, 0) is 0 Å². The van der Waals surface area contributed by atoms with Crippen molar-refractivity contribution in [2.75, 3.05) is 0 Å². The van der Waals surface area contributed by atoms with E-state index in [0.29, 0.717) is 11.1 Å². The predicted octanol–water partition coefficient (Wildman–Crippen LogP) is -3.44. The summed E-state index contributed by atoms with van der Waals surface area (Å²) in [6.07, 6.45) is 0. The molecule has 2 rings (SSSR count). The van der Waals surface area contributed by atoms with E-state index >= 15 is 0 Å². The van der Waals surface area contributed by atoms with Crippen LogP contribution in [-0.4, -0.2) is 16.0 Å². The minimum atomic E-state index is -0.139. The van der Waals surface area contributed by atoms with Gasteiger partial charge in [-0.3, -0.25) is 4.79 Å². The van der Waals surface area contributed by atoms with Crippen LogP contribution in [0.1, 0.15) is 18.8 Å². The van der Waals surface area contributed by atoms with E-state index in [1.54, 1.807) is 24.3 Å². The smallest absolute Gasteiger partial charge is 1.00 e. The first-order valence-electron chi connectivity index (χ1n) is 4.79. The third-order valence-corrected chi connectivity index (χ3v) is 2.26. The third kappa shape index (κ3) is 5.16. The Morgan fingerprint density at radius 3 is 1.28 bits per heavy atom. The van der Waals surface area contributed by atoms with Crippen LogP contribution in [0.3, 0.4) is 0 Å². The van der Waals surface area contributed by atoms with E-state index < -0.39 is 0 Å². The number of hydrogen-bond acceptors (Lipinski definition) is 3. The molecule has 2 aromatic rings. The van der Waals surface area contributed by atoms with Gasteiger partial charge in [0.05, 0.1) is 0 Å². The van der Waals surface area contributed by atoms with Crippen molar-refractivity contribution >= 4 is 5.78 Å². The van der Waals surface area contributed by atoms with Crippen LogP contribution in [0.5, 0.6) is 11.5 Å². The molecule has 18 heavy (non-hydrogen) atoms. The van der Waals surface area contributed by atoms with E-state index in [4.69, 9.17) is 10.2 Å². The number of phenols is 2. The number of carbonyl (C=O) groups excluding carboxylic acids is 1. The van der Waals surface area contributed by atoms with E-state index in [0.717, 1.165) is 0 Å². The molecule has 0 aliphatic carbocycles. The fourth-order valence-corrected chi connectivity index (χ4v) is 1.39. The first-order valence-corrected chi connectivity index (χ1v) is 4.79. The summed E-state index contributed by atoms with van der Waals surface area (Å²) in [6.45, 7) is 0. The zero-order valence-electron chi connectivity index (χ0n) is 12.4. The summed E-state index contributed by atoms with van der Waals surface area (Å²) >= 11 is 0. The fourth-order valence-electron chi connectivity index (χ4n) is 1.39. The van der Waals surface area contributed by atoms with Crippen molar-refractivity contribution < 1.29 is 121 Å². The number of ketones is 1. The maximum absolute atomic E-state index is 11.9. The van der Waals surface area contributed by atoms with Crippen molar-refractivity contribution in [3.8, 4) is 11.5 Å². The van der Waals surface area contributed by atoms with Crippen LogP contribution in [0.4, 0.5) is 0 Å². The molecule has 0 saturated heterocycles. The van der Waals surface area contributed by atoms with Crippen LogP contribution in [0.15, 0.2) is 48.5 Å². The minimum Gasteiger partial charge on any atom is -1.00 e. The second kappa shape index (κ2) is 9.02. The van der Waals surface area contributed by atoms with Gasteiger partial charge in [0.25, 0.3) is 0 Å². The predicted molar refractivity (Wildman–Crippen MR) is 61.9 cm³/mol. The Morgan fingerprint density at radius 2 is 1.00 bits per heavy atom. The normalized spacial score (nSPS) is 8.89. The van der Waals surface area contributed by atoms with Crippen molar-refractivity contribution in [2.45, 2.75) is 0 Å². The Kier molecular flexibility index (Phi) is 9.51. The Labute approximate surface area is 193 Å². The number of rotatable bonds is 2. The summed E-state index contributed by atoms with van der Waals surface area (Å²) in [4.78, 5) is 11.9. The first-order chi connectivity index (χ1) is 7.66. The van der Waals surface area contributed by atoms with Gasteiger partial charge in [-0.05, 0) is 48.5 Å². The van der Waals surface area contributed by atoms with Crippen LogP contribution >= 0.6 is 0 Å². The molecule has 5 heteroatoms. The summed E-state index contributed by atoms with van der Waals surface area (Å²) in [5, 5.41) is 18.2. The quantitative estimate of drug-likeness (QED) is 0.448. The molecular formula is C13H12K2O3. The molecular weight excluding hydrogens is 282 g/mol. The summed E-state index contributed by atoms with van der Waals surface area (Å²) in [5.74, 6) is 0.115. The van der Waals surface area contributed by atoms with Crippen LogP contribution in [0.25, 0.3) is 0 Å². The molecule has 0 radical (unpaired) electrons. The Hall–Kier alpha value is 0.983. The molecule has 0 spiro atoms. The van der Waals surface area contributed by atoms with Crippen LogP contribution < -0.4 is 103 Å². The minimum absolute atomic E-state index is 0. The van der Waals surface area contributed by atoms with Gasteiger partial charge in [0, 0.05) is 11.1 Å². The number of carbonyl (C=O) groups is 1. The second-order valence-corrected chi connectivity index (χ2v) is 3.42. The summed E-state index contributed by atoms with van der Waals surface area (Å²) in [7, 11) is 0. The van der Waals surface area contributed by atoms with Gasteiger partial charge in [0.2, 0.25) is 0 Å². The molecule has 0 aliphatic heterocycles. The molecule has 0 fully saturated rings. The molecule has 3 nitrogen and oxygen atoms in total. The zero-order valence-corrected chi connectivity index (χ0v) is 16.7. The largest absolute Gasteiger partial charge is 1.00 e. The SMILES string of the molecule is O=C(c1ccc(O)cc1)c1ccc(O)cc1.[H-].[H-].[K+].[K+]. The average molecular weight is 294 g/mol. The summed E-state index contributed by atoms with van der Waals surface area (Å²) in [5.41, 5.74) is 1.01. The monoisotopic (exact) mass is 294 g/mol. The number of aromatic hydroxyl groups is 2. The van der Waals surface area contributed by atoms with Gasteiger partial charge >= 0.3 is 103 Å². The van der Waals surface area contributed by atoms with E-state index in [9.17, 15) is 4.79 Å². The van der Waals surface area contributed by atoms with E-state index in [1.807, 2.05) is 0 Å². The van der Waals surface area contributed by atoms with Gasteiger partial charge < -0.3 is 13.1 Å².